The summed E-state index contributed by atoms with van der Waals surface area (Å²) in [6, 6.07) is 0. The van der Waals surface area contributed by atoms with Gasteiger partial charge in [-0.05, 0) is 70.6 Å². The van der Waals surface area contributed by atoms with Gasteiger partial charge in [0.05, 0.1) is 0 Å². The van der Waals surface area contributed by atoms with Gasteiger partial charge in [-0.3, -0.25) is 0 Å². The summed E-state index contributed by atoms with van der Waals surface area (Å²) in [7, 11) is 0. The van der Waals surface area contributed by atoms with Crippen LogP contribution < -0.4 is 0 Å². The first-order valence-corrected chi connectivity index (χ1v) is 11.7. The van der Waals surface area contributed by atoms with E-state index in [0.29, 0.717) is 0 Å². The highest BCUT2D eigenvalue weighted by molar-refractivity contribution is 5.57. The van der Waals surface area contributed by atoms with Crippen molar-refractivity contribution in [2.24, 2.45) is 5.41 Å². The fourth-order valence-corrected chi connectivity index (χ4v) is 3.80. The van der Waals surface area contributed by atoms with E-state index in [2.05, 4.69) is 123 Å². The molecule has 0 nitrogen and oxygen atoms in total. The number of allylic oxidation sites excluding steroid dienone is 15. The van der Waals surface area contributed by atoms with Gasteiger partial charge in [0.15, 0.2) is 0 Å². The minimum atomic E-state index is -0.211. The van der Waals surface area contributed by atoms with Gasteiger partial charge < -0.3 is 0 Å². The summed E-state index contributed by atoms with van der Waals surface area (Å²) in [5.41, 5.74) is 6.35. The Bertz CT molecular complexity index is 724. The molecule has 0 radical (unpaired) electrons. The van der Waals surface area contributed by atoms with Gasteiger partial charge in [0.2, 0.25) is 0 Å². The zero-order valence-corrected chi connectivity index (χ0v) is 21.0. The third-order valence-electron chi connectivity index (χ3n) is 5.16. The highest BCUT2D eigenvalue weighted by Crippen LogP contribution is 2.42. The smallest absolute Gasteiger partial charge is 0.0321 e. The lowest BCUT2D eigenvalue weighted by Gasteiger charge is -2.32. The summed E-state index contributed by atoms with van der Waals surface area (Å²) in [5.74, 6) is 0. The average molecular weight is 407 g/mol. The van der Waals surface area contributed by atoms with Crippen LogP contribution in [-0.2, 0) is 0 Å². The normalized spacial score (nSPS) is 15.9. The third kappa shape index (κ3) is 8.74. The Morgan fingerprint density at radius 3 is 1.90 bits per heavy atom. The van der Waals surface area contributed by atoms with E-state index in [0.717, 1.165) is 32.1 Å². The van der Waals surface area contributed by atoms with Crippen molar-refractivity contribution in [2.75, 3.05) is 0 Å². The maximum Gasteiger partial charge on any atom is 0.0321 e. The summed E-state index contributed by atoms with van der Waals surface area (Å²) in [4.78, 5) is 0. The van der Waals surface area contributed by atoms with Crippen molar-refractivity contribution in [3.8, 4) is 0 Å². The van der Waals surface area contributed by atoms with Gasteiger partial charge in [-0.2, -0.15) is 0 Å². The molecule has 30 heavy (non-hydrogen) atoms. The maximum atomic E-state index is 4.32. The molecular formula is C30H46. The Kier molecular flexibility index (Phi) is 14.6. The van der Waals surface area contributed by atoms with Crippen LogP contribution in [0.15, 0.2) is 95.2 Å². The second-order valence-corrected chi connectivity index (χ2v) is 8.13. The fraction of sp³-hybridized carbons (Fsp3) is 0.467. The molecule has 0 N–H and O–H groups in total. The molecule has 0 aliphatic carbocycles. The van der Waals surface area contributed by atoms with Crippen LogP contribution in [0.5, 0.6) is 0 Å². The highest BCUT2D eigenvalue weighted by Gasteiger charge is 2.29. The van der Waals surface area contributed by atoms with Crippen LogP contribution in [0.4, 0.5) is 0 Å². The van der Waals surface area contributed by atoms with Crippen LogP contribution in [0.25, 0.3) is 0 Å². The Balaban J connectivity index is 7.37. The van der Waals surface area contributed by atoms with Gasteiger partial charge in [0, 0.05) is 5.41 Å². The molecule has 0 aliphatic heterocycles. The van der Waals surface area contributed by atoms with E-state index in [1.165, 1.54) is 27.9 Å². The van der Waals surface area contributed by atoms with Crippen LogP contribution in [0.1, 0.15) is 87.5 Å². The Morgan fingerprint density at radius 2 is 1.43 bits per heavy atom. The van der Waals surface area contributed by atoms with Crippen LogP contribution in [0.3, 0.4) is 0 Å². The molecule has 0 bridgehead atoms. The number of rotatable bonds is 13. The molecule has 0 spiro atoms. The zero-order valence-electron chi connectivity index (χ0n) is 21.0. The van der Waals surface area contributed by atoms with Gasteiger partial charge in [-0.15, -0.1) is 6.58 Å². The van der Waals surface area contributed by atoms with Crippen LogP contribution >= 0.6 is 0 Å². The molecule has 0 aromatic heterocycles. The number of unbranched alkanes of at least 4 members (excludes halogenated alkanes) is 1. The standard InChI is InChI=1S/C30H46/c1-10-16-18-22-28(27(25(7)8)21-17-11-2)29(20-13-4)30(15-6,23-14-5)24-26(9)19-12-3/h12-13,15,17-22,24H,6,10-11,14,16,23H2,1-5,7-9H3. The molecule has 0 aliphatic rings. The SMILES string of the molecule is C=CC(C=C(C)C=CC)(CCC)C(C=CC)=C(C=CCCC)C(C=CCC)=C(C)C. The molecule has 166 valence electrons. The van der Waals surface area contributed by atoms with E-state index < -0.39 is 0 Å². The first-order chi connectivity index (χ1) is 14.4. The van der Waals surface area contributed by atoms with Gasteiger partial charge in [0.1, 0.15) is 0 Å². The monoisotopic (exact) mass is 406 g/mol. The van der Waals surface area contributed by atoms with Crippen molar-refractivity contribution in [1.82, 2.24) is 0 Å². The Hall–Kier alpha value is -2.08. The second kappa shape index (κ2) is 15.7. The predicted molar refractivity (Wildman–Crippen MR) is 140 cm³/mol. The summed E-state index contributed by atoms with van der Waals surface area (Å²) in [6.07, 6.45) is 27.9. The molecule has 0 heterocycles. The lowest BCUT2D eigenvalue weighted by atomic mass is 9.71. The molecule has 0 aromatic carbocycles. The molecule has 0 aromatic rings. The molecule has 0 heteroatoms. The van der Waals surface area contributed by atoms with Gasteiger partial charge >= 0.3 is 0 Å². The molecular weight excluding hydrogens is 360 g/mol. The second-order valence-electron chi connectivity index (χ2n) is 8.13. The quantitative estimate of drug-likeness (QED) is 0.211. The van der Waals surface area contributed by atoms with Crippen molar-refractivity contribution in [3.63, 3.8) is 0 Å². The van der Waals surface area contributed by atoms with Crippen LogP contribution in [0.2, 0.25) is 0 Å². The van der Waals surface area contributed by atoms with E-state index in [4.69, 9.17) is 0 Å². The highest BCUT2D eigenvalue weighted by atomic mass is 14.3. The Morgan fingerprint density at radius 1 is 0.800 bits per heavy atom. The molecule has 0 rings (SSSR count). The summed E-state index contributed by atoms with van der Waals surface area (Å²) in [5, 5.41) is 0. The molecule has 0 fully saturated rings. The lowest BCUT2D eigenvalue weighted by molar-refractivity contribution is 0.528. The number of hydrogen-bond acceptors (Lipinski definition) is 0. The molecule has 0 saturated heterocycles. The van der Waals surface area contributed by atoms with Crippen molar-refractivity contribution >= 4 is 0 Å². The summed E-state index contributed by atoms with van der Waals surface area (Å²) < 4.78 is 0. The lowest BCUT2D eigenvalue weighted by Crippen LogP contribution is -2.20. The first-order valence-electron chi connectivity index (χ1n) is 11.7. The fourth-order valence-electron chi connectivity index (χ4n) is 3.80. The molecule has 0 amide bonds. The minimum Gasteiger partial charge on any atom is -0.102 e. The largest absolute Gasteiger partial charge is 0.102 e. The first kappa shape index (κ1) is 27.9. The van der Waals surface area contributed by atoms with Crippen molar-refractivity contribution in [1.29, 1.82) is 0 Å². The van der Waals surface area contributed by atoms with E-state index in [1.54, 1.807) is 0 Å². The predicted octanol–water partition coefficient (Wildman–Crippen LogP) is 10.0. The number of hydrogen-bond donors (Lipinski definition) is 0. The van der Waals surface area contributed by atoms with E-state index in [9.17, 15) is 0 Å². The Labute approximate surface area is 188 Å². The average Bonchev–Trinajstić information content (AvgIpc) is 2.71. The van der Waals surface area contributed by atoms with Crippen LogP contribution in [-0.4, -0.2) is 0 Å². The molecule has 0 saturated carbocycles. The van der Waals surface area contributed by atoms with Gasteiger partial charge in [-0.1, -0.05) is 106 Å². The van der Waals surface area contributed by atoms with Crippen molar-refractivity contribution in [2.45, 2.75) is 87.5 Å². The van der Waals surface area contributed by atoms with E-state index in [-0.39, 0.29) is 5.41 Å². The minimum absolute atomic E-state index is 0.211. The van der Waals surface area contributed by atoms with Gasteiger partial charge in [0.25, 0.3) is 0 Å². The van der Waals surface area contributed by atoms with Gasteiger partial charge in [-0.25, -0.2) is 0 Å². The van der Waals surface area contributed by atoms with E-state index >= 15 is 0 Å². The van der Waals surface area contributed by atoms with Crippen molar-refractivity contribution < 1.29 is 0 Å². The van der Waals surface area contributed by atoms with E-state index in [1.807, 2.05) is 0 Å². The summed E-state index contributed by atoms with van der Waals surface area (Å²) in [6.45, 7) is 21.8. The zero-order chi connectivity index (χ0) is 23.0. The maximum absolute atomic E-state index is 4.32. The topological polar surface area (TPSA) is 0 Å². The molecule has 1 unspecified atom stereocenters. The third-order valence-corrected chi connectivity index (χ3v) is 5.16. The summed E-state index contributed by atoms with van der Waals surface area (Å²) >= 11 is 0. The van der Waals surface area contributed by atoms with Crippen LogP contribution in [0, 0.1) is 5.41 Å². The molecule has 1 atom stereocenters. The van der Waals surface area contributed by atoms with Crippen molar-refractivity contribution in [3.05, 3.63) is 95.2 Å².